The molecule has 186 valence electrons. The molecule has 1 fully saturated rings. The van der Waals surface area contributed by atoms with Gasteiger partial charge >= 0.3 is 0 Å². The average Bonchev–Trinajstić information content (AvgIpc) is 3.57. The molecule has 8 nitrogen and oxygen atoms in total. The average molecular weight is 480 g/mol. The molecule has 1 aliphatic heterocycles. The minimum atomic E-state index is -0.284. The maximum Gasteiger partial charge on any atom is 0.290 e. The summed E-state index contributed by atoms with van der Waals surface area (Å²) in [6.45, 7) is 6.83. The van der Waals surface area contributed by atoms with Gasteiger partial charge in [0.05, 0.1) is 26.0 Å². The molecule has 0 radical (unpaired) electrons. The van der Waals surface area contributed by atoms with Crippen LogP contribution in [0.5, 0.6) is 0 Å². The summed E-state index contributed by atoms with van der Waals surface area (Å²) in [7, 11) is 0. The minimum Gasteiger partial charge on any atom is -0.464 e. The second kappa shape index (κ2) is 12.4. The Morgan fingerprint density at radius 1 is 0.943 bits per heavy atom. The van der Waals surface area contributed by atoms with Crippen molar-refractivity contribution in [3.63, 3.8) is 0 Å². The second-order valence-corrected chi connectivity index (χ2v) is 8.72. The number of rotatable bonds is 11. The largest absolute Gasteiger partial charge is 0.464 e. The van der Waals surface area contributed by atoms with Crippen molar-refractivity contribution in [3.05, 3.63) is 83.7 Å². The molecule has 1 saturated heterocycles. The molecule has 3 aromatic rings. The van der Waals surface area contributed by atoms with E-state index >= 15 is 0 Å². The van der Waals surface area contributed by atoms with Gasteiger partial charge in [-0.1, -0.05) is 30.3 Å². The van der Waals surface area contributed by atoms with Gasteiger partial charge < -0.3 is 23.4 Å². The smallest absolute Gasteiger partial charge is 0.290 e. The van der Waals surface area contributed by atoms with E-state index < -0.39 is 0 Å². The Labute approximate surface area is 206 Å². The summed E-state index contributed by atoms with van der Waals surface area (Å²) >= 11 is 0. The first kappa shape index (κ1) is 24.8. The van der Waals surface area contributed by atoms with Gasteiger partial charge in [0.25, 0.3) is 5.91 Å². The number of carbonyl (C=O) groups is 2. The fourth-order valence-corrected chi connectivity index (χ4v) is 4.12. The van der Waals surface area contributed by atoms with Crippen LogP contribution >= 0.6 is 0 Å². The molecule has 0 N–H and O–H groups in total. The summed E-state index contributed by atoms with van der Waals surface area (Å²) in [6.07, 6.45) is 2.19. The highest BCUT2D eigenvalue weighted by molar-refractivity contribution is 5.94. The molecule has 4 rings (SSSR count). The van der Waals surface area contributed by atoms with Gasteiger partial charge in [-0.05, 0) is 43.2 Å². The fraction of sp³-hybridized carbons (Fsp3) is 0.407. The number of hydrogen-bond donors (Lipinski definition) is 0. The van der Waals surface area contributed by atoms with Crippen LogP contribution in [0.1, 0.15) is 27.6 Å². The quantitative estimate of drug-likeness (QED) is 0.420. The van der Waals surface area contributed by atoms with Crippen molar-refractivity contribution in [3.8, 4) is 0 Å². The highest BCUT2D eigenvalue weighted by atomic mass is 16.5. The Bertz CT molecular complexity index is 1060. The van der Waals surface area contributed by atoms with Crippen LogP contribution in [0.4, 0.5) is 0 Å². The molecular formula is C27H33N3O5. The van der Waals surface area contributed by atoms with Crippen molar-refractivity contribution in [2.24, 2.45) is 0 Å². The van der Waals surface area contributed by atoms with Crippen molar-refractivity contribution in [2.45, 2.75) is 19.9 Å². The van der Waals surface area contributed by atoms with Gasteiger partial charge in [0.1, 0.15) is 18.1 Å². The molecule has 3 heterocycles. The number of ether oxygens (including phenoxy) is 1. The Kier molecular flexibility index (Phi) is 8.75. The summed E-state index contributed by atoms with van der Waals surface area (Å²) in [5.41, 5.74) is 1.15. The molecule has 0 atom stereocenters. The lowest BCUT2D eigenvalue weighted by Gasteiger charge is -2.31. The van der Waals surface area contributed by atoms with E-state index in [0.717, 1.165) is 30.2 Å². The molecule has 0 unspecified atom stereocenters. The summed E-state index contributed by atoms with van der Waals surface area (Å²) < 4.78 is 16.5. The van der Waals surface area contributed by atoms with E-state index in [1.807, 2.05) is 37.3 Å². The van der Waals surface area contributed by atoms with Crippen LogP contribution in [0.3, 0.4) is 0 Å². The zero-order chi connectivity index (χ0) is 24.5. The molecule has 1 aliphatic rings. The molecule has 0 saturated carbocycles. The second-order valence-electron chi connectivity index (χ2n) is 8.72. The van der Waals surface area contributed by atoms with E-state index in [2.05, 4.69) is 17.0 Å². The Hall–Kier alpha value is -3.36. The number of benzene rings is 1. The normalized spacial score (nSPS) is 14.1. The molecule has 35 heavy (non-hydrogen) atoms. The predicted molar refractivity (Wildman–Crippen MR) is 131 cm³/mol. The zero-order valence-corrected chi connectivity index (χ0v) is 20.2. The standard InChI is InChI=1S/C27H33N3O5/c1-22-9-10-24(35-22)20-29(12-11-23-6-3-2-4-7-23)26(31)21-30(27(32)25-8-5-17-34-25)14-13-28-15-18-33-19-16-28/h2-10,17H,11-16,18-21H2,1H3. The topological polar surface area (TPSA) is 79.4 Å². The predicted octanol–water partition coefficient (Wildman–Crippen LogP) is 3.23. The van der Waals surface area contributed by atoms with Crippen LogP contribution < -0.4 is 0 Å². The summed E-state index contributed by atoms with van der Waals surface area (Å²) in [6, 6.07) is 17.2. The van der Waals surface area contributed by atoms with E-state index in [-0.39, 0.29) is 24.1 Å². The first-order chi connectivity index (χ1) is 17.1. The molecule has 0 bridgehead atoms. The van der Waals surface area contributed by atoms with E-state index in [9.17, 15) is 9.59 Å². The summed E-state index contributed by atoms with van der Waals surface area (Å²) in [4.78, 5) is 32.3. The van der Waals surface area contributed by atoms with E-state index in [0.29, 0.717) is 45.8 Å². The van der Waals surface area contributed by atoms with Crippen molar-refractivity contribution in [2.75, 3.05) is 52.5 Å². The maximum absolute atomic E-state index is 13.5. The third-order valence-electron chi connectivity index (χ3n) is 6.14. The molecule has 1 aromatic carbocycles. The van der Waals surface area contributed by atoms with Gasteiger partial charge in [-0.15, -0.1) is 0 Å². The number of hydrogen-bond acceptors (Lipinski definition) is 6. The van der Waals surface area contributed by atoms with Crippen LogP contribution in [-0.4, -0.2) is 79.0 Å². The van der Waals surface area contributed by atoms with Crippen LogP contribution in [0.2, 0.25) is 0 Å². The number of amides is 2. The van der Waals surface area contributed by atoms with Gasteiger partial charge in [-0.25, -0.2) is 0 Å². The Morgan fingerprint density at radius 3 is 2.43 bits per heavy atom. The molecule has 0 spiro atoms. The van der Waals surface area contributed by atoms with Gasteiger partial charge in [0, 0.05) is 32.7 Å². The Balaban J connectivity index is 1.46. The van der Waals surface area contributed by atoms with Crippen molar-refractivity contribution >= 4 is 11.8 Å². The van der Waals surface area contributed by atoms with Gasteiger partial charge in [-0.2, -0.15) is 0 Å². The lowest BCUT2D eigenvalue weighted by Crippen LogP contribution is -2.47. The first-order valence-electron chi connectivity index (χ1n) is 12.1. The van der Waals surface area contributed by atoms with Crippen molar-refractivity contribution in [1.82, 2.24) is 14.7 Å². The third kappa shape index (κ3) is 7.31. The molecule has 0 aliphatic carbocycles. The highest BCUT2D eigenvalue weighted by Crippen LogP contribution is 2.13. The number of carbonyl (C=O) groups excluding carboxylic acids is 2. The van der Waals surface area contributed by atoms with Gasteiger partial charge in [0.15, 0.2) is 5.76 Å². The molecule has 2 aromatic heterocycles. The molecule has 2 amide bonds. The lowest BCUT2D eigenvalue weighted by molar-refractivity contribution is -0.132. The van der Waals surface area contributed by atoms with E-state index in [1.54, 1.807) is 21.9 Å². The SMILES string of the molecule is Cc1ccc(CN(CCc2ccccc2)C(=O)CN(CCN2CCOCC2)C(=O)c2ccco2)o1. The van der Waals surface area contributed by atoms with Crippen LogP contribution in [0.15, 0.2) is 69.7 Å². The number of aryl methyl sites for hydroxylation is 1. The third-order valence-corrected chi connectivity index (χ3v) is 6.14. The van der Waals surface area contributed by atoms with Crippen molar-refractivity contribution in [1.29, 1.82) is 0 Å². The van der Waals surface area contributed by atoms with E-state index in [1.165, 1.54) is 6.26 Å². The zero-order valence-electron chi connectivity index (χ0n) is 20.2. The van der Waals surface area contributed by atoms with Gasteiger partial charge in [0.2, 0.25) is 5.91 Å². The van der Waals surface area contributed by atoms with Gasteiger partial charge in [-0.3, -0.25) is 14.5 Å². The molecular weight excluding hydrogens is 446 g/mol. The lowest BCUT2D eigenvalue weighted by atomic mass is 10.1. The van der Waals surface area contributed by atoms with Crippen LogP contribution in [0.25, 0.3) is 0 Å². The number of furan rings is 2. The monoisotopic (exact) mass is 479 g/mol. The fourth-order valence-electron chi connectivity index (χ4n) is 4.12. The number of morpholine rings is 1. The van der Waals surface area contributed by atoms with Crippen LogP contribution in [0, 0.1) is 6.92 Å². The van der Waals surface area contributed by atoms with Crippen LogP contribution in [-0.2, 0) is 22.5 Å². The highest BCUT2D eigenvalue weighted by Gasteiger charge is 2.25. The summed E-state index contributed by atoms with van der Waals surface area (Å²) in [5, 5.41) is 0. The first-order valence-corrected chi connectivity index (χ1v) is 12.1. The minimum absolute atomic E-state index is 0.0294. The summed E-state index contributed by atoms with van der Waals surface area (Å²) in [5.74, 6) is 1.35. The maximum atomic E-state index is 13.5. The number of nitrogens with zero attached hydrogens (tertiary/aromatic N) is 3. The van der Waals surface area contributed by atoms with Crippen molar-refractivity contribution < 1.29 is 23.2 Å². The molecule has 8 heteroatoms. The Morgan fingerprint density at radius 2 is 1.74 bits per heavy atom. The van der Waals surface area contributed by atoms with E-state index in [4.69, 9.17) is 13.6 Å².